The minimum atomic E-state index is -0.519. The molecule has 0 spiro atoms. The van der Waals surface area contributed by atoms with Gasteiger partial charge in [0.2, 0.25) is 5.91 Å². The van der Waals surface area contributed by atoms with Crippen LogP contribution in [0.1, 0.15) is 101 Å². The second kappa shape index (κ2) is 11.3. The van der Waals surface area contributed by atoms with E-state index in [0.29, 0.717) is 29.6 Å². The van der Waals surface area contributed by atoms with E-state index < -0.39 is 11.6 Å². The number of likely N-dealkylation sites (tertiary alicyclic amines) is 1. The van der Waals surface area contributed by atoms with Crippen molar-refractivity contribution in [3.8, 4) is 0 Å². The van der Waals surface area contributed by atoms with Gasteiger partial charge < -0.3 is 19.3 Å². The smallest absolute Gasteiger partial charge is 0.410 e. The summed E-state index contributed by atoms with van der Waals surface area (Å²) in [7, 11) is 1.38. The van der Waals surface area contributed by atoms with Gasteiger partial charge >= 0.3 is 12.1 Å². The first-order valence-electron chi connectivity index (χ1n) is 12.9. The number of nitrogens with zero attached hydrogens (tertiary/aromatic N) is 2. The lowest BCUT2D eigenvalue weighted by Gasteiger charge is -2.33. The number of hydrogen-bond acceptors (Lipinski definition) is 6. The van der Waals surface area contributed by atoms with E-state index in [1.165, 1.54) is 18.4 Å². The van der Waals surface area contributed by atoms with Crippen molar-refractivity contribution in [3.05, 3.63) is 16.5 Å². The average molecular weight is 507 g/mol. The van der Waals surface area contributed by atoms with Crippen molar-refractivity contribution in [2.24, 2.45) is 11.8 Å². The van der Waals surface area contributed by atoms with Crippen LogP contribution in [0.15, 0.2) is 6.07 Å². The lowest BCUT2D eigenvalue weighted by molar-refractivity contribution is -0.123. The number of esters is 1. The van der Waals surface area contributed by atoms with Crippen LogP contribution in [0.4, 0.5) is 9.80 Å². The van der Waals surface area contributed by atoms with Crippen LogP contribution < -0.4 is 4.90 Å². The largest absolute Gasteiger partial charge is 0.465 e. The highest BCUT2D eigenvalue weighted by molar-refractivity contribution is 7.16. The Morgan fingerprint density at radius 1 is 1.06 bits per heavy atom. The number of thiophene rings is 1. The molecule has 0 radical (unpaired) electrons. The topological polar surface area (TPSA) is 76.2 Å². The van der Waals surface area contributed by atoms with Crippen molar-refractivity contribution in [3.63, 3.8) is 0 Å². The molecule has 1 saturated carbocycles. The van der Waals surface area contributed by atoms with E-state index in [9.17, 15) is 14.4 Å². The van der Waals surface area contributed by atoms with Crippen molar-refractivity contribution in [2.45, 2.75) is 97.6 Å². The van der Waals surface area contributed by atoms with Gasteiger partial charge in [0.25, 0.3) is 0 Å². The van der Waals surface area contributed by atoms with Crippen LogP contribution in [-0.2, 0) is 14.3 Å². The van der Waals surface area contributed by atoms with Gasteiger partial charge in [-0.15, -0.1) is 11.3 Å². The molecule has 35 heavy (non-hydrogen) atoms. The van der Waals surface area contributed by atoms with E-state index in [4.69, 9.17) is 9.47 Å². The molecule has 0 N–H and O–H groups in total. The first-order chi connectivity index (χ1) is 16.4. The van der Waals surface area contributed by atoms with Crippen LogP contribution in [0.5, 0.6) is 0 Å². The summed E-state index contributed by atoms with van der Waals surface area (Å²) >= 11 is 1.53. The summed E-state index contributed by atoms with van der Waals surface area (Å²) in [5.41, 5.74) is -0.0526. The first kappa shape index (κ1) is 27.5. The molecule has 3 rings (SSSR count). The van der Waals surface area contributed by atoms with Gasteiger partial charge in [-0.05, 0) is 91.0 Å². The molecule has 2 heterocycles. The number of carbonyl (C=O) groups excluding carboxylic acids is 3. The van der Waals surface area contributed by atoms with Gasteiger partial charge in [-0.2, -0.15) is 0 Å². The summed E-state index contributed by atoms with van der Waals surface area (Å²) in [6.45, 7) is 13.1. The number of hydrogen-bond donors (Lipinski definition) is 0. The normalized spacial score (nSPS) is 21.7. The quantitative estimate of drug-likeness (QED) is 0.443. The molecular weight excluding hydrogens is 464 g/mol. The highest BCUT2D eigenvalue weighted by Crippen LogP contribution is 2.42. The van der Waals surface area contributed by atoms with Gasteiger partial charge in [0.05, 0.1) is 12.7 Å². The monoisotopic (exact) mass is 506 g/mol. The third kappa shape index (κ3) is 6.78. The summed E-state index contributed by atoms with van der Waals surface area (Å²) in [5, 5.41) is 0.694. The fourth-order valence-electron chi connectivity index (χ4n) is 5.00. The van der Waals surface area contributed by atoms with Crippen molar-refractivity contribution >= 4 is 34.3 Å². The van der Waals surface area contributed by atoms with E-state index in [-0.39, 0.29) is 29.9 Å². The summed E-state index contributed by atoms with van der Waals surface area (Å²) in [6, 6.07) is 1.84. The zero-order valence-electron chi connectivity index (χ0n) is 22.4. The lowest BCUT2D eigenvalue weighted by Crippen LogP contribution is -2.42. The maximum Gasteiger partial charge on any atom is 0.410 e. The molecule has 0 aromatic carbocycles. The van der Waals surface area contributed by atoms with Gasteiger partial charge in [0.1, 0.15) is 10.6 Å². The summed E-state index contributed by atoms with van der Waals surface area (Å²) in [4.78, 5) is 43.5. The van der Waals surface area contributed by atoms with Crippen molar-refractivity contribution in [1.82, 2.24) is 4.90 Å². The Hall–Kier alpha value is -2.09. The Balaban J connectivity index is 1.81. The van der Waals surface area contributed by atoms with E-state index in [2.05, 4.69) is 6.92 Å². The number of methoxy groups -OCH3 is 1. The molecule has 2 fully saturated rings. The van der Waals surface area contributed by atoms with Crippen LogP contribution in [0.2, 0.25) is 0 Å². The van der Waals surface area contributed by atoms with E-state index in [1.54, 1.807) is 4.90 Å². The molecular formula is C27H42N2O5S. The van der Waals surface area contributed by atoms with E-state index in [0.717, 1.165) is 43.4 Å². The molecule has 2 amide bonds. The molecule has 7 nitrogen and oxygen atoms in total. The third-order valence-corrected chi connectivity index (χ3v) is 8.32. The molecule has 1 aromatic rings. The average Bonchev–Trinajstić information content (AvgIpc) is 3.22. The molecule has 0 atom stereocenters. The molecule has 1 saturated heterocycles. The van der Waals surface area contributed by atoms with Gasteiger partial charge in [0, 0.05) is 29.9 Å². The lowest BCUT2D eigenvalue weighted by atomic mass is 9.82. The Bertz CT molecular complexity index is 903. The van der Waals surface area contributed by atoms with Crippen LogP contribution >= 0.6 is 11.3 Å². The van der Waals surface area contributed by atoms with Crippen LogP contribution in [0.3, 0.4) is 0 Å². The van der Waals surface area contributed by atoms with Crippen molar-refractivity contribution in [2.75, 3.05) is 25.1 Å². The molecule has 1 aliphatic carbocycles. The number of amides is 2. The standard InChI is InChI=1S/C27H42N2O5S/c1-17(2)29(23(30)20-10-8-18(3)9-11-20)24-21(25(31)33-7)16-22(35-24)19-12-14-28(15-13-19)26(32)34-27(4,5)6/h16-20H,8-15H2,1-7H3. The number of carbonyl (C=O) groups is 3. The maximum atomic E-state index is 13.6. The minimum absolute atomic E-state index is 0.00159. The first-order valence-corrected chi connectivity index (χ1v) is 13.8. The van der Waals surface area contributed by atoms with Crippen LogP contribution in [0.25, 0.3) is 0 Å². The van der Waals surface area contributed by atoms with E-state index >= 15 is 0 Å². The number of rotatable bonds is 5. The highest BCUT2D eigenvalue weighted by atomic mass is 32.1. The zero-order chi connectivity index (χ0) is 25.9. The van der Waals surface area contributed by atoms with Crippen molar-refractivity contribution in [1.29, 1.82) is 0 Å². The second-order valence-electron chi connectivity index (χ2n) is 11.4. The Morgan fingerprint density at radius 2 is 1.66 bits per heavy atom. The Labute approximate surface area is 214 Å². The fourth-order valence-corrected chi connectivity index (χ4v) is 6.46. The number of ether oxygens (including phenoxy) is 2. The number of anilines is 1. The van der Waals surface area contributed by atoms with Gasteiger partial charge in [0.15, 0.2) is 0 Å². The fraction of sp³-hybridized carbons (Fsp3) is 0.741. The molecule has 2 aliphatic rings. The molecule has 8 heteroatoms. The summed E-state index contributed by atoms with van der Waals surface area (Å²) < 4.78 is 10.6. The summed E-state index contributed by atoms with van der Waals surface area (Å²) in [6.07, 6.45) is 5.23. The van der Waals surface area contributed by atoms with Crippen LogP contribution in [0, 0.1) is 11.8 Å². The van der Waals surface area contributed by atoms with Gasteiger partial charge in [-0.1, -0.05) is 6.92 Å². The number of piperidine rings is 1. The molecule has 1 aromatic heterocycles. The zero-order valence-corrected chi connectivity index (χ0v) is 23.2. The van der Waals surface area contributed by atoms with Crippen LogP contribution in [-0.4, -0.2) is 54.7 Å². The Kier molecular flexibility index (Phi) is 8.89. The Morgan fingerprint density at radius 3 is 2.17 bits per heavy atom. The predicted molar refractivity (Wildman–Crippen MR) is 139 cm³/mol. The summed E-state index contributed by atoms with van der Waals surface area (Å²) in [5.74, 6) is 0.587. The van der Waals surface area contributed by atoms with Crippen molar-refractivity contribution < 1.29 is 23.9 Å². The second-order valence-corrected chi connectivity index (χ2v) is 12.4. The van der Waals surface area contributed by atoms with Gasteiger partial charge in [-0.25, -0.2) is 9.59 Å². The molecule has 0 unspecified atom stereocenters. The minimum Gasteiger partial charge on any atom is -0.465 e. The SMILES string of the molecule is COC(=O)c1cc(C2CCN(C(=O)OC(C)(C)C)CC2)sc1N(C(=O)C1CCC(C)CC1)C(C)C. The van der Waals surface area contributed by atoms with E-state index in [1.807, 2.05) is 45.6 Å². The molecule has 0 bridgehead atoms. The molecule has 1 aliphatic heterocycles. The van der Waals surface area contributed by atoms with Gasteiger partial charge in [-0.3, -0.25) is 4.79 Å². The predicted octanol–water partition coefficient (Wildman–Crippen LogP) is 6.22. The maximum absolute atomic E-state index is 13.6. The third-order valence-electron chi connectivity index (χ3n) is 7.02. The molecule has 196 valence electrons. The highest BCUT2D eigenvalue weighted by Gasteiger charge is 2.35.